The summed E-state index contributed by atoms with van der Waals surface area (Å²) in [6.45, 7) is 0. The minimum absolute atomic E-state index is 0. The largest absolute Gasteiger partial charge is 1.00 e. The Morgan fingerprint density at radius 2 is 0.391 bits per heavy atom. The van der Waals surface area contributed by atoms with Gasteiger partial charge in [-0.2, -0.15) is 79.0 Å². The molecule has 0 aromatic carbocycles. The summed E-state index contributed by atoms with van der Waals surface area (Å²) in [5.41, 5.74) is 0. The van der Waals surface area contributed by atoms with E-state index >= 15 is 0 Å². The molecule has 0 aromatic rings. The van der Waals surface area contributed by atoms with Crippen LogP contribution in [-0.4, -0.2) is 144 Å². The normalized spacial score (nSPS) is 10.7. The van der Waals surface area contributed by atoms with Gasteiger partial charge in [-0.3, -0.25) is 21.7 Å². The maximum absolute atomic E-state index is 11.6. The fourth-order valence-electron chi connectivity index (χ4n) is 1.77. The van der Waals surface area contributed by atoms with Crippen molar-refractivity contribution in [2.45, 2.75) is 56.3 Å². The molecule has 64 heavy (non-hydrogen) atoms. The number of carboxylic acid groups (broad SMARTS) is 9. The average Bonchev–Trinajstić information content (AvgIpc) is 2.95. The van der Waals surface area contributed by atoms with E-state index in [2.05, 4.69) is 0 Å². The number of halogens is 18. The van der Waals surface area contributed by atoms with Crippen LogP contribution in [0.3, 0.4) is 0 Å². The molecule has 0 aliphatic rings. The monoisotopic (exact) mass is 980 g/mol. The molecule has 0 rings (SSSR count). The first kappa shape index (κ1) is 83.3. The van der Waals surface area contributed by atoms with Gasteiger partial charge in [0.2, 0.25) is 0 Å². The van der Waals surface area contributed by atoms with E-state index in [1.54, 1.807) is 0 Å². The van der Waals surface area contributed by atoms with Crippen molar-refractivity contribution in [2.75, 3.05) is 0 Å². The summed E-state index contributed by atoms with van der Waals surface area (Å²) < 4.78 is 209. The summed E-state index contributed by atoms with van der Waals surface area (Å²) >= 11 is 0. The van der Waals surface area contributed by atoms with Gasteiger partial charge in [0.05, 0.1) is 19.3 Å². The molecule has 9 N–H and O–H groups in total. The third-order valence-electron chi connectivity index (χ3n) is 4.06. The molecule has 0 amide bonds. The van der Waals surface area contributed by atoms with E-state index in [4.69, 9.17) is 89.8 Å². The van der Waals surface area contributed by atoms with Crippen LogP contribution in [0.1, 0.15) is 19.3 Å². The summed E-state index contributed by atoms with van der Waals surface area (Å²) in [5.74, 6) is -28.7. The van der Waals surface area contributed by atoms with Crippen molar-refractivity contribution in [3.05, 3.63) is 0 Å². The molecule has 0 aromatic heterocycles. The molecule has 360 valence electrons. The molecular weight excluding hydrogens is 962 g/mol. The van der Waals surface area contributed by atoms with Crippen LogP contribution in [0.25, 0.3) is 0 Å². The average molecular weight is 980 g/mol. The first-order chi connectivity index (χ1) is 26.3. The Morgan fingerprint density at radius 1 is 0.312 bits per heavy atom. The third kappa shape index (κ3) is 59.8. The molecule has 0 radical (unpaired) electrons. The van der Waals surface area contributed by atoms with E-state index in [1.165, 1.54) is 0 Å². The third-order valence-corrected chi connectivity index (χ3v) is 4.06. The summed E-state index contributed by atoms with van der Waals surface area (Å²) in [4.78, 5) is 83.7. The number of aliphatic carboxylic acids is 9. The predicted molar refractivity (Wildman–Crippen MR) is 135 cm³/mol. The zero-order valence-electron chi connectivity index (χ0n) is 30.7. The Labute approximate surface area is 374 Å². The van der Waals surface area contributed by atoms with Crippen molar-refractivity contribution in [1.82, 2.24) is 0 Å². The fraction of sp³-hybridized carbons (Fsp3) is 0.571. The first-order valence-electron chi connectivity index (χ1n) is 12.7. The number of alkyl halides is 18. The van der Waals surface area contributed by atoms with E-state index in [9.17, 15) is 93.4 Å². The summed E-state index contributed by atoms with van der Waals surface area (Å²) in [5, 5.41) is 93.0. The second-order valence-corrected chi connectivity index (χ2v) is 8.82. The first-order valence-corrected chi connectivity index (χ1v) is 12.7. The smallest absolute Gasteiger partial charge is 0.907 e. The van der Waals surface area contributed by atoms with Crippen LogP contribution in [0.5, 0.6) is 0 Å². The van der Waals surface area contributed by atoms with Gasteiger partial charge in [0.15, 0.2) is 17.8 Å². The maximum atomic E-state index is 11.6. The van der Waals surface area contributed by atoms with Crippen molar-refractivity contribution < 1.29 is 240 Å². The van der Waals surface area contributed by atoms with Gasteiger partial charge in [-0.1, -0.05) is 0 Å². The van der Waals surface area contributed by atoms with E-state index in [0.29, 0.717) is 0 Å². The topological polar surface area (TPSA) is 405 Å². The quantitative estimate of drug-likeness (QED) is 0.0678. The number of hydrogen-bond acceptors (Lipinski definition) is 12. The van der Waals surface area contributed by atoms with Crippen LogP contribution < -0.4 is 71.7 Å². The standard InChI is InChI=1S/3C5H4F6O2.3C2H2O4.BO3.3Li/c3*6-4(7,8)2(1-3(12)13)5(9,10)11;3*3-1(4)2(5)6;2-1(3)4;;;/h3*2H,1H2,(H,12,13);3*(H,3,4)(H,5,6);;;;/q;;;;;;-3;3*+1. The molecule has 0 bridgehead atoms. The van der Waals surface area contributed by atoms with Gasteiger partial charge in [0.1, 0.15) is 0 Å². The van der Waals surface area contributed by atoms with Gasteiger partial charge in [0.25, 0.3) is 0 Å². The second kappa shape index (κ2) is 36.0. The number of rotatable bonds is 6. The van der Waals surface area contributed by atoms with Gasteiger partial charge in [-0.25, -0.2) is 28.8 Å². The Balaban J connectivity index is -0.0000000685. The van der Waals surface area contributed by atoms with Crippen molar-refractivity contribution in [3.63, 3.8) is 0 Å². The summed E-state index contributed by atoms with van der Waals surface area (Å²) in [7, 11) is -2.92. The van der Waals surface area contributed by atoms with Crippen LogP contribution in [0.4, 0.5) is 79.0 Å². The van der Waals surface area contributed by atoms with Crippen LogP contribution >= 0.6 is 0 Å². The van der Waals surface area contributed by atoms with Crippen molar-refractivity contribution in [2.24, 2.45) is 17.8 Å². The molecule has 21 nitrogen and oxygen atoms in total. The van der Waals surface area contributed by atoms with E-state index < -0.39 is 135 Å². The van der Waals surface area contributed by atoms with E-state index in [-0.39, 0.29) is 56.6 Å². The van der Waals surface area contributed by atoms with Gasteiger partial charge < -0.3 is 61.0 Å². The Kier molecular flexibility index (Phi) is 46.8. The van der Waals surface area contributed by atoms with Gasteiger partial charge in [0, 0.05) is 0 Å². The molecule has 0 saturated heterocycles. The predicted octanol–water partition coefficient (Wildman–Crippen LogP) is -8.86. The van der Waals surface area contributed by atoms with Gasteiger partial charge >= 0.3 is 147 Å². The second-order valence-electron chi connectivity index (χ2n) is 8.82. The molecule has 43 heteroatoms. The molecule has 0 unspecified atom stereocenters. The molecule has 0 aliphatic carbocycles. The Hall–Kier alpha value is -4.29. The number of carboxylic acids is 9. The summed E-state index contributed by atoms with van der Waals surface area (Å²) in [6, 6.07) is 0. The number of carbonyl (C=O) groups is 9. The zero-order valence-corrected chi connectivity index (χ0v) is 30.7. The Bertz CT molecular complexity index is 1190. The molecular formula is C21H18BF18Li3O21. The van der Waals surface area contributed by atoms with Gasteiger partial charge in [-0.15, -0.1) is 0 Å². The van der Waals surface area contributed by atoms with Crippen LogP contribution in [-0.2, 0) is 43.2 Å². The van der Waals surface area contributed by atoms with Crippen LogP contribution in [0.2, 0.25) is 0 Å². The summed E-state index contributed by atoms with van der Waals surface area (Å²) in [6.07, 6.45) is -39.4. The van der Waals surface area contributed by atoms with Crippen LogP contribution in [0.15, 0.2) is 0 Å². The Morgan fingerprint density at radius 3 is 0.406 bits per heavy atom. The maximum Gasteiger partial charge on any atom is 1.00 e. The molecule has 0 heterocycles. The minimum Gasteiger partial charge on any atom is -0.907 e. The molecule has 0 fully saturated rings. The molecule has 0 spiro atoms. The van der Waals surface area contributed by atoms with Gasteiger partial charge in [-0.05, 0) is 0 Å². The number of hydrogen-bond donors (Lipinski definition) is 9. The molecule has 0 saturated carbocycles. The SMILES string of the molecule is O=C(O)C(=O)O.O=C(O)C(=O)O.O=C(O)C(=O)O.O=C(O)CC(C(F)(F)F)C(F)(F)F.O=C(O)CC(C(F)(F)F)C(F)(F)F.O=C(O)CC(C(F)(F)F)C(F)(F)F.[Li+].[Li+].[Li+].[O-]B([O-])[O-]. The molecule has 0 atom stereocenters. The van der Waals surface area contributed by atoms with Crippen LogP contribution in [0, 0.1) is 17.8 Å². The fourth-order valence-corrected chi connectivity index (χ4v) is 1.77. The molecule has 0 aliphatic heterocycles. The minimum atomic E-state index is -5.57. The van der Waals surface area contributed by atoms with E-state index in [0.717, 1.165) is 0 Å². The zero-order chi connectivity index (χ0) is 51.6. The van der Waals surface area contributed by atoms with Crippen molar-refractivity contribution in [3.8, 4) is 0 Å². The van der Waals surface area contributed by atoms with Crippen molar-refractivity contribution in [1.29, 1.82) is 0 Å². The van der Waals surface area contributed by atoms with Crippen molar-refractivity contribution >= 4 is 61.0 Å². The van der Waals surface area contributed by atoms with E-state index in [1.807, 2.05) is 0 Å².